The number of rotatable bonds is 10. The molecule has 1 aliphatic rings. The molecule has 0 bridgehead atoms. The van der Waals surface area contributed by atoms with Crippen LogP contribution >= 0.6 is 0 Å². The van der Waals surface area contributed by atoms with Gasteiger partial charge in [0.15, 0.2) is 0 Å². The standard InChI is InChI=1S/C19H28N2O5/c1-2-25-19(23)8-11-21(10-4-9-20-12-15-24-16-13-20)18(22)7-6-17-5-3-14-26-17/h3,5-7,14H,2,4,8-13,15-16H2,1H3/b7-6+. The summed E-state index contributed by atoms with van der Waals surface area (Å²) in [5.41, 5.74) is 0. The van der Waals surface area contributed by atoms with Crippen LogP contribution in [0.5, 0.6) is 0 Å². The van der Waals surface area contributed by atoms with E-state index in [1.807, 2.05) is 0 Å². The van der Waals surface area contributed by atoms with Gasteiger partial charge in [-0.25, -0.2) is 0 Å². The van der Waals surface area contributed by atoms with E-state index < -0.39 is 0 Å². The molecule has 0 spiro atoms. The number of carbonyl (C=O) groups is 2. The van der Waals surface area contributed by atoms with Crippen molar-refractivity contribution in [1.82, 2.24) is 9.80 Å². The van der Waals surface area contributed by atoms with Crippen molar-refractivity contribution in [1.29, 1.82) is 0 Å². The van der Waals surface area contributed by atoms with Gasteiger partial charge in [-0.3, -0.25) is 14.5 Å². The van der Waals surface area contributed by atoms with E-state index in [9.17, 15) is 9.59 Å². The van der Waals surface area contributed by atoms with Gasteiger partial charge in [-0.1, -0.05) is 0 Å². The van der Waals surface area contributed by atoms with E-state index in [2.05, 4.69) is 4.90 Å². The minimum absolute atomic E-state index is 0.132. The fourth-order valence-electron chi connectivity index (χ4n) is 2.75. The number of nitrogens with zero attached hydrogens (tertiary/aromatic N) is 2. The van der Waals surface area contributed by atoms with Crippen molar-refractivity contribution in [3.8, 4) is 0 Å². The molecule has 1 fully saturated rings. The first-order chi connectivity index (χ1) is 12.7. The molecule has 2 rings (SSSR count). The van der Waals surface area contributed by atoms with E-state index in [4.69, 9.17) is 13.9 Å². The topological polar surface area (TPSA) is 72.2 Å². The normalized spacial score (nSPS) is 15.3. The molecule has 0 saturated carbocycles. The zero-order chi connectivity index (χ0) is 18.6. The van der Waals surface area contributed by atoms with E-state index in [1.54, 1.807) is 36.3 Å². The van der Waals surface area contributed by atoms with E-state index in [1.165, 1.54) is 6.08 Å². The number of ether oxygens (including phenoxy) is 2. The summed E-state index contributed by atoms with van der Waals surface area (Å²) in [6, 6.07) is 3.55. The van der Waals surface area contributed by atoms with Crippen LogP contribution in [0.2, 0.25) is 0 Å². The van der Waals surface area contributed by atoms with Crippen LogP contribution in [0.4, 0.5) is 0 Å². The third-order valence-corrected chi connectivity index (χ3v) is 4.14. The molecule has 7 nitrogen and oxygen atoms in total. The molecular weight excluding hydrogens is 336 g/mol. The molecule has 0 unspecified atom stereocenters. The highest BCUT2D eigenvalue weighted by Gasteiger charge is 2.15. The number of carbonyl (C=O) groups excluding carboxylic acids is 2. The van der Waals surface area contributed by atoms with Crippen molar-refractivity contribution in [2.45, 2.75) is 19.8 Å². The summed E-state index contributed by atoms with van der Waals surface area (Å²) in [6.45, 7) is 7.35. The molecule has 26 heavy (non-hydrogen) atoms. The van der Waals surface area contributed by atoms with Crippen LogP contribution in [-0.2, 0) is 19.1 Å². The quantitative estimate of drug-likeness (QED) is 0.466. The predicted octanol–water partition coefficient (Wildman–Crippen LogP) is 1.80. The monoisotopic (exact) mass is 364 g/mol. The second-order valence-electron chi connectivity index (χ2n) is 6.04. The van der Waals surface area contributed by atoms with Crippen LogP contribution in [0.3, 0.4) is 0 Å². The second-order valence-corrected chi connectivity index (χ2v) is 6.04. The second kappa shape index (κ2) is 11.5. The molecule has 2 heterocycles. The molecule has 1 amide bonds. The molecule has 1 aromatic heterocycles. The first-order valence-corrected chi connectivity index (χ1v) is 9.15. The summed E-state index contributed by atoms with van der Waals surface area (Å²) in [5, 5.41) is 0. The smallest absolute Gasteiger partial charge is 0.307 e. The molecule has 0 atom stereocenters. The van der Waals surface area contributed by atoms with Gasteiger partial charge in [0, 0.05) is 38.8 Å². The summed E-state index contributed by atoms with van der Waals surface area (Å²) in [7, 11) is 0. The van der Waals surface area contributed by atoms with E-state index in [-0.39, 0.29) is 18.3 Å². The lowest BCUT2D eigenvalue weighted by molar-refractivity contribution is -0.143. The van der Waals surface area contributed by atoms with Gasteiger partial charge >= 0.3 is 5.97 Å². The van der Waals surface area contributed by atoms with Crippen LogP contribution in [0, 0.1) is 0 Å². The fraction of sp³-hybridized carbons (Fsp3) is 0.579. The van der Waals surface area contributed by atoms with Crippen LogP contribution in [0.1, 0.15) is 25.5 Å². The molecule has 1 aliphatic heterocycles. The highest BCUT2D eigenvalue weighted by atomic mass is 16.5. The number of hydrogen-bond acceptors (Lipinski definition) is 6. The lowest BCUT2D eigenvalue weighted by Crippen LogP contribution is -2.39. The Hall–Kier alpha value is -2.12. The van der Waals surface area contributed by atoms with Gasteiger partial charge in [0.1, 0.15) is 5.76 Å². The Bertz CT molecular complexity index is 564. The van der Waals surface area contributed by atoms with Gasteiger partial charge in [-0.05, 0) is 31.6 Å². The number of morpholine rings is 1. The summed E-state index contributed by atoms with van der Waals surface area (Å²) in [5.74, 6) is 0.207. The van der Waals surface area contributed by atoms with E-state index in [0.29, 0.717) is 25.5 Å². The van der Waals surface area contributed by atoms with Crippen LogP contribution in [-0.4, -0.2) is 74.2 Å². The minimum atomic E-state index is -0.284. The SMILES string of the molecule is CCOC(=O)CCN(CCCN1CCOCC1)C(=O)/C=C/c1ccco1. The maximum Gasteiger partial charge on any atom is 0.307 e. The Morgan fingerprint density at radius 2 is 2.12 bits per heavy atom. The average molecular weight is 364 g/mol. The molecule has 0 aliphatic carbocycles. The van der Waals surface area contributed by atoms with E-state index >= 15 is 0 Å². The van der Waals surface area contributed by atoms with E-state index in [0.717, 1.165) is 39.3 Å². The first kappa shape index (κ1) is 20.2. The third kappa shape index (κ3) is 7.41. The zero-order valence-corrected chi connectivity index (χ0v) is 15.4. The van der Waals surface area contributed by atoms with Crippen molar-refractivity contribution in [3.63, 3.8) is 0 Å². The minimum Gasteiger partial charge on any atom is -0.466 e. The van der Waals surface area contributed by atoms with Gasteiger partial charge in [-0.15, -0.1) is 0 Å². The maximum absolute atomic E-state index is 12.5. The summed E-state index contributed by atoms with van der Waals surface area (Å²) < 4.78 is 15.5. The van der Waals surface area contributed by atoms with Crippen LogP contribution < -0.4 is 0 Å². The van der Waals surface area contributed by atoms with Gasteiger partial charge < -0.3 is 18.8 Å². The molecule has 144 valence electrons. The molecule has 1 saturated heterocycles. The largest absolute Gasteiger partial charge is 0.466 e. The van der Waals surface area contributed by atoms with Gasteiger partial charge in [-0.2, -0.15) is 0 Å². The Balaban J connectivity index is 1.84. The van der Waals surface area contributed by atoms with Crippen LogP contribution in [0.15, 0.2) is 28.9 Å². The van der Waals surface area contributed by atoms with Crippen molar-refractivity contribution in [2.24, 2.45) is 0 Å². The Morgan fingerprint density at radius 1 is 1.31 bits per heavy atom. The van der Waals surface area contributed by atoms with Crippen LogP contribution in [0.25, 0.3) is 6.08 Å². The Kier molecular flexibility index (Phi) is 8.92. The number of furan rings is 1. The lowest BCUT2D eigenvalue weighted by Gasteiger charge is -2.28. The molecule has 0 aromatic carbocycles. The Labute approximate surface area is 154 Å². The third-order valence-electron chi connectivity index (χ3n) is 4.14. The predicted molar refractivity (Wildman–Crippen MR) is 97.4 cm³/mol. The zero-order valence-electron chi connectivity index (χ0n) is 15.4. The number of amides is 1. The summed E-state index contributed by atoms with van der Waals surface area (Å²) in [4.78, 5) is 28.1. The maximum atomic E-state index is 12.5. The summed E-state index contributed by atoms with van der Waals surface area (Å²) >= 11 is 0. The fourth-order valence-corrected chi connectivity index (χ4v) is 2.75. The number of hydrogen-bond donors (Lipinski definition) is 0. The molecular formula is C19H28N2O5. The van der Waals surface area contributed by atoms with Gasteiger partial charge in [0.2, 0.25) is 5.91 Å². The van der Waals surface area contributed by atoms with Gasteiger partial charge in [0.05, 0.1) is 32.5 Å². The van der Waals surface area contributed by atoms with Crippen molar-refractivity contribution >= 4 is 18.0 Å². The first-order valence-electron chi connectivity index (χ1n) is 9.15. The molecule has 0 N–H and O–H groups in total. The highest BCUT2D eigenvalue weighted by Crippen LogP contribution is 2.06. The van der Waals surface area contributed by atoms with Gasteiger partial charge in [0.25, 0.3) is 0 Å². The average Bonchev–Trinajstić information content (AvgIpc) is 3.17. The van der Waals surface area contributed by atoms with Crippen molar-refractivity contribution in [3.05, 3.63) is 30.2 Å². The summed E-state index contributed by atoms with van der Waals surface area (Å²) in [6.07, 6.45) is 5.74. The number of esters is 1. The van der Waals surface area contributed by atoms with Crippen molar-refractivity contribution in [2.75, 3.05) is 52.5 Å². The molecule has 7 heteroatoms. The highest BCUT2D eigenvalue weighted by molar-refractivity contribution is 5.91. The molecule has 0 radical (unpaired) electrons. The Morgan fingerprint density at radius 3 is 2.81 bits per heavy atom. The lowest BCUT2D eigenvalue weighted by atomic mass is 10.2. The molecule has 1 aromatic rings. The van der Waals surface area contributed by atoms with Crippen molar-refractivity contribution < 1.29 is 23.5 Å².